The maximum Gasteiger partial charge on any atom is 0.322 e. The first-order valence-corrected chi connectivity index (χ1v) is 9.18. The minimum atomic E-state index is -0.281. The van der Waals surface area contributed by atoms with E-state index in [1.807, 2.05) is 12.1 Å². The lowest BCUT2D eigenvalue weighted by Gasteiger charge is -2.33. The molecule has 0 spiro atoms. The van der Waals surface area contributed by atoms with Gasteiger partial charge in [-0.2, -0.15) is 0 Å². The van der Waals surface area contributed by atoms with Gasteiger partial charge in [0.2, 0.25) is 0 Å². The fourth-order valence-electron chi connectivity index (χ4n) is 2.83. The van der Waals surface area contributed by atoms with Gasteiger partial charge in [0.15, 0.2) is 0 Å². The molecule has 8 heteroatoms. The van der Waals surface area contributed by atoms with Crippen molar-refractivity contribution in [3.8, 4) is 0 Å². The maximum atomic E-state index is 12.6. The molecule has 1 saturated heterocycles. The molecule has 27 heavy (non-hydrogen) atoms. The van der Waals surface area contributed by atoms with Crippen LogP contribution in [0.5, 0.6) is 0 Å². The largest absolute Gasteiger partial charge is 0.370 e. The van der Waals surface area contributed by atoms with Crippen LogP contribution in [0.3, 0.4) is 0 Å². The molecule has 0 bridgehead atoms. The second-order valence-electron chi connectivity index (χ2n) is 6.06. The molecule has 2 aromatic rings. The first-order valence-electron chi connectivity index (χ1n) is 8.42. The predicted octanol–water partition coefficient (Wildman–Crippen LogP) is 3.96. The molecule has 1 fully saturated rings. The Morgan fingerprint density at radius 2 is 1.89 bits per heavy atom. The molecule has 3 amide bonds. The van der Waals surface area contributed by atoms with Gasteiger partial charge >= 0.3 is 6.03 Å². The maximum absolute atomic E-state index is 12.6. The van der Waals surface area contributed by atoms with Gasteiger partial charge in [0, 0.05) is 24.3 Å². The molecule has 0 radical (unpaired) electrons. The van der Waals surface area contributed by atoms with Crippen LogP contribution in [0, 0.1) is 0 Å². The summed E-state index contributed by atoms with van der Waals surface area (Å²) >= 11 is 12.1. The third kappa shape index (κ3) is 4.71. The van der Waals surface area contributed by atoms with Crippen LogP contribution >= 0.6 is 23.2 Å². The van der Waals surface area contributed by atoms with Crippen LogP contribution < -0.4 is 10.6 Å². The molecule has 142 valence electrons. The smallest absolute Gasteiger partial charge is 0.322 e. The van der Waals surface area contributed by atoms with E-state index in [2.05, 4.69) is 10.6 Å². The summed E-state index contributed by atoms with van der Waals surface area (Å²) in [5, 5.41) is 6.25. The van der Waals surface area contributed by atoms with Gasteiger partial charge in [-0.05, 0) is 35.9 Å². The molecule has 2 N–H and O–H groups in total. The Morgan fingerprint density at radius 3 is 2.56 bits per heavy atom. The van der Waals surface area contributed by atoms with Gasteiger partial charge in [-0.1, -0.05) is 35.3 Å². The van der Waals surface area contributed by atoms with Crippen molar-refractivity contribution in [2.24, 2.45) is 0 Å². The lowest BCUT2D eigenvalue weighted by Crippen LogP contribution is -2.44. The number of hydrogen-bond donors (Lipinski definition) is 2. The van der Waals surface area contributed by atoms with Gasteiger partial charge in [0.05, 0.1) is 23.7 Å². The monoisotopic (exact) mass is 407 g/mol. The molecule has 1 atom stereocenters. The number of benzene rings is 2. The van der Waals surface area contributed by atoms with Crippen LogP contribution in [-0.2, 0) is 4.74 Å². The molecular formula is C19H19Cl2N3O3. The number of morpholine rings is 1. The van der Waals surface area contributed by atoms with Gasteiger partial charge in [-0.25, -0.2) is 4.79 Å². The molecule has 0 aliphatic carbocycles. The van der Waals surface area contributed by atoms with Gasteiger partial charge in [0.25, 0.3) is 5.91 Å². The van der Waals surface area contributed by atoms with Crippen molar-refractivity contribution < 1.29 is 14.3 Å². The van der Waals surface area contributed by atoms with Gasteiger partial charge in [0.1, 0.15) is 6.10 Å². The molecule has 1 heterocycles. The van der Waals surface area contributed by atoms with Crippen molar-refractivity contribution in [1.29, 1.82) is 0 Å². The van der Waals surface area contributed by atoms with Crippen LogP contribution in [0.4, 0.5) is 10.5 Å². The number of rotatable bonds is 3. The number of ether oxygens (including phenoxy) is 1. The second kappa shape index (κ2) is 8.61. The molecule has 0 unspecified atom stereocenters. The minimum Gasteiger partial charge on any atom is -0.370 e. The molecule has 1 aliphatic rings. The summed E-state index contributed by atoms with van der Waals surface area (Å²) in [4.78, 5) is 26.0. The summed E-state index contributed by atoms with van der Waals surface area (Å²) in [6.07, 6.45) is -0.207. The Hall–Kier alpha value is -2.28. The number of halogens is 2. The standard InChI is InChI=1S/C19H19Cl2N3O3/c1-22-18(25)15-7-6-14(10-16(15)21)23-19(26)24-8-9-27-17(11-24)12-2-4-13(20)5-3-12/h2-7,10,17H,8-9,11H2,1H3,(H,22,25)(H,23,26)/t17-/m0/s1. The van der Waals surface area contributed by atoms with Gasteiger partial charge in [-0.15, -0.1) is 0 Å². The summed E-state index contributed by atoms with van der Waals surface area (Å²) < 4.78 is 5.78. The van der Waals surface area contributed by atoms with Crippen LogP contribution in [0.2, 0.25) is 10.0 Å². The highest BCUT2D eigenvalue weighted by atomic mass is 35.5. The summed E-state index contributed by atoms with van der Waals surface area (Å²) in [5.41, 5.74) is 1.84. The van der Waals surface area contributed by atoms with Crippen molar-refractivity contribution in [2.45, 2.75) is 6.10 Å². The molecule has 0 aromatic heterocycles. The second-order valence-corrected chi connectivity index (χ2v) is 6.90. The van der Waals surface area contributed by atoms with Gasteiger partial charge in [-0.3, -0.25) is 4.79 Å². The van der Waals surface area contributed by atoms with E-state index >= 15 is 0 Å². The van der Waals surface area contributed by atoms with E-state index in [1.165, 1.54) is 7.05 Å². The van der Waals surface area contributed by atoms with E-state index in [9.17, 15) is 9.59 Å². The highest BCUT2D eigenvalue weighted by Crippen LogP contribution is 2.25. The van der Waals surface area contributed by atoms with Crippen molar-refractivity contribution in [2.75, 3.05) is 32.1 Å². The fourth-order valence-corrected chi connectivity index (χ4v) is 3.22. The van der Waals surface area contributed by atoms with Crippen LogP contribution in [-0.4, -0.2) is 43.6 Å². The van der Waals surface area contributed by atoms with Crippen molar-refractivity contribution in [1.82, 2.24) is 10.2 Å². The summed E-state index contributed by atoms with van der Waals surface area (Å²) in [6.45, 7) is 1.36. The highest BCUT2D eigenvalue weighted by molar-refractivity contribution is 6.34. The zero-order valence-electron chi connectivity index (χ0n) is 14.7. The number of nitrogens with one attached hydrogen (secondary N) is 2. The molecule has 1 aliphatic heterocycles. The molecular weight excluding hydrogens is 389 g/mol. The first kappa shape index (κ1) is 19.5. The average molecular weight is 408 g/mol. The number of nitrogens with zero attached hydrogens (tertiary/aromatic N) is 1. The third-order valence-corrected chi connectivity index (χ3v) is 4.85. The lowest BCUT2D eigenvalue weighted by atomic mass is 10.1. The van der Waals surface area contributed by atoms with E-state index in [1.54, 1.807) is 35.2 Å². The lowest BCUT2D eigenvalue weighted by molar-refractivity contribution is -0.0135. The molecule has 6 nitrogen and oxygen atoms in total. The van der Waals surface area contributed by atoms with E-state index in [4.69, 9.17) is 27.9 Å². The number of urea groups is 1. The molecule has 3 rings (SSSR count). The Labute approximate surface area is 167 Å². The van der Waals surface area contributed by atoms with Crippen LogP contribution in [0.25, 0.3) is 0 Å². The number of anilines is 1. The Balaban J connectivity index is 1.66. The summed E-state index contributed by atoms with van der Waals surface area (Å²) in [7, 11) is 1.53. The van der Waals surface area contributed by atoms with Crippen molar-refractivity contribution in [3.63, 3.8) is 0 Å². The number of carbonyl (C=O) groups excluding carboxylic acids is 2. The molecule has 0 saturated carbocycles. The van der Waals surface area contributed by atoms with Crippen molar-refractivity contribution >= 4 is 40.8 Å². The Morgan fingerprint density at radius 1 is 1.15 bits per heavy atom. The minimum absolute atomic E-state index is 0.207. The Kier molecular flexibility index (Phi) is 6.21. The topological polar surface area (TPSA) is 70.7 Å². The Bertz CT molecular complexity index is 843. The predicted molar refractivity (Wildman–Crippen MR) is 106 cm³/mol. The van der Waals surface area contributed by atoms with Crippen LogP contribution in [0.1, 0.15) is 22.0 Å². The zero-order valence-corrected chi connectivity index (χ0v) is 16.2. The SMILES string of the molecule is CNC(=O)c1ccc(NC(=O)N2CCO[C@H](c3ccc(Cl)cc3)C2)cc1Cl. The van der Waals surface area contributed by atoms with Crippen molar-refractivity contribution in [3.05, 3.63) is 63.6 Å². The average Bonchev–Trinajstić information content (AvgIpc) is 2.68. The van der Waals surface area contributed by atoms with Gasteiger partial charge < -0.3 is 20.3 Å². The highest BCUT2D eigenvalue weighted by Gasteiger charge is 2.25. The van der Waals surface area contributed by atoms with E-state index in [0.29, 0.717) is 36.0 Å². The number of carbonyl (C=O) groups is 2. The molecule has 2 aromatic carbocycles. The number of amides is 3. The quantitative estimate of drug-likeness (QED) is 0.808. The first-order chi connectivity index (χ1) is 13.0. The number of hydrogen-bond acceptors (Lipinski definition) is 3. The van der Waals surface area contributed by atoms with E-state index in [-0.39, 0.29) is 23.1 Å². The summed E-state index contributed by atoms with van der Waals surface area (Å²) in [5.74, 6) is -0.281. The zero-order chi connectivity index (χ0) is 19.4. The van der Waals surface area contributed by atoms with Crippen LogP contribution in [0.15, 0.2) is 42.5 Å². The summed E-state index contributed by atoms with van der Waals surface area (Å²) in [6, 6.07) is 11.9. The van der Waals surface area contributed by atoms with E-state index < -0.39 is 0 Å². The normalized spacial score (nSPS) is 16.7. The van der Waals surface area contributed by atoms with E-state index in [0.717, 1.165) is 5.56 Å². The fraction of sp³-hybridized carbons (Fsp3) is 0.263. The third-order valence-electron chi connectivity index (χ3n) is 4.29.